The van der Waals surface area contributed by atoms with Crippen LogP contribution in [0, 0.1) is 34.5 Å². The van der Waals surface area contributed by atoms with E-state index in [0.29, 0.717) is 29.1 Å². The summed E-state index contributed by atoms with van der Waals surface area (Å²) in [5.74, 6) is 0.502. The van der Waals surface area contributed by atoms with Crippen LogP contribution in [-0.2, 0) is 19.2 Å². The molecule has 8 atom stereocenters. The minimum absolute atomic E-state index is 0.122. The van der Waals surface area contributed by atoms with E-state index in [1.54, 1.807) is 37.3 Å². The number of amides is 1. The molecule has 5 rings (SSSR count). The number of hydrogen-bond donors (Lipinski definition) is 3. The summed E-state index contributed by atoms with van der Waals surface area (Å²) in [6.45, 7) is 6.13. The number of benzene rings is 1. The van der Waals surface area contributed by atoms with Crippen LogP contribution in [0.15, 0.2) is 47.1 Å². The summed E-state index contributed by atoms with van der Waals surface area (Å²) in [6.07, 6.45) is 9.17. The number of fused-ring (bicyclic) bond motifs is 5. The van der Waals surface area contributed by atoms with E-state index in [4.69, 9.17) is 4.84 Å². The summed E-state index contributed by atoms with van der Waals surface area (Å²) in [6, 6.07) is 6.86. The zero-order valence-electron chi connectivity index (χ0n) is 23.8. The molecule has 0 spiro atoms. The maximum atomic E-state index is 12.4. The summed E-state index contributed by atoms with van der Waals surface area (Å²) in [5.41, 5.74) is 2.88. The van der Waals surface area contributed by atoms with Crippen LogP contribution in [-0.4, -0.2) is 46.2 Å². The standard InChI is InChI=1S/C32H42N2O6/c1-19(35)24-11-12-25-23-10-9-21-17-22(13-15-31(21,2)26(23)14-16-32(24,25)3)34-40-18-27(36)33-28(30(38)39)29(37)20-7-5-4-6-8-20/h4-8,17,23-26,28-29,37H,9-16,18H2,1-3H3,(H,33,36)(H,38,39)/t23-,24-,25+,26+,28-,29-,31-,32+/m0/s1. The molecule has 8 heteroatoms. The average molecular weight is 551 g/mol. The van der Waals surface area contributed by atoms with Crippen LogP contribution in [0.5, 0.6) is 0 Å². The lowest BCUT2D eigenvalue weighted by Gasteiger charge is -2.58. The van der Waals surface area contributed by atoms with E-state index in [0.717, 1.165) is 50.7 Å². The number of carbonyl (C=O) groups excluding carboxylic acids is 2. The van der Waals surface area contributed by atoms with Gasteiger partial charge in [0.15, 0.2) is 12.6 Å². The second kappa shape index (κ2) is 11.1. The molecule has 0 unspecified atom stereocenters. The Morgan fingerprint density at radius 3 is 2.50 bits per heavy atom. The first-order valence-corrected chi connectivity index (χ1v) is 14.7. The van der Waals surface area contributed by atoms with Gasteiger partial charge >= 0.3 is 5.97 Å². The molecule has 1 amide bonds. The van der Waals surface area contributed by atoms with Gasteiger partial charge in [0, 0.05) is 5.92 Å². The molecule has 0 radical (unpaired) electrons. The first-order valence-electron chi connectivity index (χ1n) is 14.7. The normalized spacial score (nSPS) is 35.4. The fourth-order valence-electron chi connectivity index (χ4n) is 8.82. The SMILES string of the molecule is CC(=O)[C@@H]1CC[C@@H]2[C@@H]3CCC4=CC(=NOCC(=O)N[C@H](C(=O)O)[C@@H](O)c5ccccc5)CC[C@]4(C)[C@@H]3CC[C@@]21C. The molecule has 1 aromatic carbocycles. The second-order valence-electron chi connectivity index (χ2n) is 12.9. The van der Waals surface area contributed by atoms with Crippen molar-refractivity contribution in [3.63, 3.8) is 0 Å². The fourth-order valence-corrected chi connectivity index (χ4v) is 8.82. The van der Waals surface area contributed by atoms with Crippen molar-refractivity contribution in [1.82, 2.24) is 5.32 Å². The predicted octanol–water partition coefficient (Wildman–Crippen LogP) is 4.83. The number of nitrogens with one attached hydrogen (secondary N) is 1. The van der Waals surface area contributed by atoms with Gasteiger partial charge in [0.1, 0.15) is 11.9 Å². The number of carboxylic acid groups (broad SMARTS) is 1. The Balaban J connectivity index is 1.20. The molecular formula is C32H42N2O6. The number of nitrogens with zero attached hydrogens (tertiary/aromatic N) is 1. The Bertz CT molecular complexity index is 1210. The summed E-state index contributed by atoms with van der Waals surface area (Å²) in [4.78, 5) is 41.9. The van der Waals surface area contributed by atoms with Gasteiger partial charge in [-0.3, -0.25) is 9.59 Å². The lowest BCUT2D eigenvalue weighted by atomic mass is 9.46. The molecular weight excluding hydrogens is 508 g/mol. The largest absolute Gasteiger partial charge is 0.480 e. The number of aliphatic carboxylic acids is 1. The van der Waals surface area contributed by atoms with Gasteiger partial charge in [-0.25, -0.2) is 4.79 Å². The van der Waals surface area contributed by atoms with Crippen LogP contribution in [0.3, 0.4) is 0 Å². The third-order valence-corrected chi connectivity index (χ3v) is 10.9. The maximum Gasteiger partial charge on any atom is 0.329 e. The van der Waals surface area contributed by atoms with Crippen molar-refractivity contribution in [2.24, 2.45) is 39.7 Å². The number of rotatable bonds is 8. The van der Waals surface area contributed by atoms with E-state index < -0.39 is 30.6 Å². The van der Waals surface area contributed by atoms with E-state index in [1.807, 2.05) is 0 Å². The molecule has 8 nitrogen and oxygen atoms in total. The van der Waals surface area contributed by atoms with Crippen LogP contribution in [0.1, 0.15) is 83.8 Å². The van der Waals surface area contributed by atoms with Crippen molar-refractivity contribution in [3.8, 4) is 0 Å². The number of ketones is 1. The topological polar surface area (TPSA) is 125 Å². The van der Waals surface area contributed by atoms with Crippen molar-refractivity contribution >= 4 is 23.4 Å². The first kappa shape index (κ1) is 28.5. The van der Waals surface area contributed by atoms with E-state index in [1.165, 1.54) is 12.0 Å². The van der Waals surface area contributed by atoms with Crippen LogP contribution < -0.4 is 5.32 Å². The number of aliphatic hydroxyl groups excluding tert-OH is 1. The number of aliphatic hydroxyl groups is 1. The van der Waals surface area contributed by atoms with Gasteiger partial charge in [0.05, 0.1) is 5.71 Å². The maximum absolute atomic E-state index is 12.4. The van der Waals surface area contributed by atoms with Crippen molar-refractivity contribution < 1.29 is 29.4 Å². The molecule has 40 heavy (non-hydrogen) atoms. The quantitative estimate of drug-likeness (QED) is 0.398. The van der Waals surface area contributed by atoms with Gasteiger partial charge < -0.3 is 20.4 Å². The number of Topliss-reactive ketones (excluding diaryl/α,β-unsaturated/α-hetero) is 1. The van der Waals surface area contributed by atoms with Gasteiger partial charge in [-0.1, -0.05) is 54.9 Å². The molecule has 0 aromatic heterocycles. The molecule has 0 bridgehead atoms. The monoisotopic (exact) mass is 550 g/mol. The number of hydrogen-bond acceptors (Lipinski definition) is 6. The molecule has 3 saturated carbocycles. The Labute approximate surface area is 236 Å². The predicted molar refractivity (Wildman–Crippen MR) is 150 cm³/mol. The molecule has 0 aliphatic heterocycles. The number of oxime groups is 1. The molecule has 0 heterocycles. The summed E-state index contributed by atoms with van der Waals surface area (Å²) in [7, 11) is 0. The van der Waals surface area contributed by atoms with Crippen LogP contribution in [0.4, 0.5) is 0 Å². The molecule has 216 valence electrons. The van der Waals surface area contributed by atoms with Crippen molar-refractivity contribution in [1.29, 1.82) is 0 Å². The molecule has 3 fully saturated rings. The highest BCUT2D eigenvalue weighted by Crippen LogP contribution is 2.66. The van der Waals surface area contributed by atoms with Crippen LogP contribution >= 0.6 is 0 Å². The number of allylic oxidation sites excluding steroid dienone is 2. The zero-order valence-corrected chi connectivity index (χ0v) is 23.8. The van der Waals surface area contributed by atoms with E-state index in [2.05, 4.69) is 30.4 Å². The summed E-state index contributed by atoms with van der Waals surface area (Å²) >= 11 is 0. The minimum Gasteiger partial charge on any atom is -0.480 e. The van der Waals surface area contributed by atoms with Gasteiger partial charge in [-0.15, -0.1) is 0 Å². The van der Waals surface area contributed by atoms with Gasteiger partial charge in [-0.2, -0.15) is 0 Å². The van der Waals surface area contributed by atoms with E-state index >= 15 is 0 Å². The number of carboxylic acids is 1. The second-order valence-corrected chi connectivity index (χ2v) is 12.9. The van der Waals surface area contributed by atoms with Crippen LogP contribution in [0.2, 0.25) is 0 Å². The van der Waals surface area contributed by atoms with Gasteiger partial charge in [-0.05, 0) is 98.5 Å². The average Bonchev–Trinajstić information content (AvgIpc) is 3.29. The van der Waals surface area contributed by atoms with Gasteiger partial charge in [0.25, 0.3) is 5.91 Å². The van der Waals surface area contributed by atoms with Crippen molar-refractivity contribution in [2.45, 2.75) is 84.3 Å². The fraction of sp³-hybridized carbons (Fsp3) is 0.625. The first-order chi connectivity index (χ1) is 19.0. The number of carbonyl (C=O) groups is 3. The van der Waals surface area contributed by atoms with Gasteiger partial charge in [0.2, 0.25) is 0 Å². The van der Waals surface area contributed by atoms with E-state index in [9.17, 15) is 24.6 Å². The smallest absolute Gasteiger partial charge is 0.329 e. The van der Waals surface area contributed by atoms with Crippen molar-refractivity contribution in [2.75, 3.05) is 6.61 Å². The lowest BCUT2D eigenvalue weighted by molar-refractivity contribution is -0.146. The molecule has 4 aliphatic carbocycles. The minimum atomic E-state index is -1.50. The van der Waals surface area contributed by atoms with E-state index in [-0.39, 0.29) is 16.7 Å². The highest BCUT2D eigenvalue weighted by molar-refractivity contribution is 5.96. The summed E-state index contributed by atoms with van der Waals surface area (Å²) in [5, 5.41) is 26.6. The molecule has 3 N–H and O–H groups in total. The van der Waals surface area contributed by atoms with Crippen LogP contribution in [0.25, 0.3) is 0 Å². The highest BCUT2D eigenvalue weighted by Gasteiger charge is 2.59. The third kappa shape index (κ3) is 5.11. The zero-order chi connectivity index (χ0) is 28.7. The molecule has 4 aliphatic rings. The third-order valence-electron chi connectivity index (χ3n) is 10.9. The Hall–Kier alpha value is -3.00. The van der Waals surface area contributed by atoms with Crippen molar-refractivity contribution in [3.05, 3.63) is 47.5 Å². The highest BCUT2D eigenvalue weighted by atomic mass is 16.6. The molecule has 0 saturated heterocycles. The molecule has 1 aromatic rings. The summed E-state index contributed by atoms with van der Waals surface area (Å²) < 4.78 is 0. The lowest BCUT2D eigenvalue weighted by Crippen LogP contribution is -2.51. The Morgan fingerprint density at radius 1 is 1.05 bits per heavy atom. The Kier molecular flexibility index (Phi) is 7.92. The Morgan fingerprint density at radius 2 is 1.80 bits per heavy atom.